The summed E-state index contributed by atoms with van der Waals surface area (Å²) in [5, 5.41) is 7.25. The Labute approximate surface area is 120 Å². The summed E-state index contributed by atoms with van der Waals surface area (Å²) in [5.74, 6) is -1.37. The number of rotatable bonds is 3. The number of sulfonamides is 1. The number of anilines is 1. The van der Waals surface area contributed by atoms with Crippen molar-refractivity contribution in [3.8, 4) is 0 Å². The number of amides is 1. The Morgan fingerprint density at radius 3 is 2.57 bits per heavy atom. The summed E-state index contributed by atoms with van der Waals surface area (Å²) in [7, 11) is -3.98. The van der Waals surface area contributed by atoms with E-state index in [1.54, 1.807) is 13.0 Å². The van der Waals surface area contributed by atoms with Gasteiger partial charge in [-0.05, 0) is 37.3 Å². The van der Waals surface area contributed by atoms with Gasteiger partial charge in [0.15, 0.2) is 0 Å². The molecule has 21 heavy (non-hydrogen) atoms. The van der Waals surface area contributed by atoms with Gasteiger partial charge < -0.3 is 5.32 Å². The number of nitrogens with one attached hydrogen (secondary N) is 1. The molecular weight excluding hydrogens is 297 g/mol. The lowest BCUT2D eigenvalue weighted by atomic mass is 10.2. The molecule has 2 rings (SSSR count). The number of aromatic nitrogens is 1. The van der Waals surface area contributed by atoms with Gasteiger partial charge in [0.05, 0.1) is 16.1 Å². The minimum atomic E-state index is -3.98. The van der Waals surface area contributed by atoms with Crippen LogP contribution in [0.1, 0.15) is 16.1 Å². The molecule has 110 valence electrons. The van der Waals surface area contributed by atoms with E-state index in [1.807, 2.05) is 0 Å². The molecule has 1 amide bonds. The molecule has 1 aromatic carbocycles. The fourth-order valence-electron chi connectivity index (χ4n) is 1.57. The van der Waals surface area contributed by atoms with E-state index in [9.17, 15) is 17.6 Å². The van der Waals surface area contributed by atoms with E-state index in [2.05, 4.69) is 10.3 Å². The van der Waals surface area contributed by atoms with E-state index in [1.165, 1.54) is 12.3 Å². The average molecular weight is 309 g/mol. The number of aryl methyl sites for hydroxylation is 1. The van der Waals surface area contributed by atoms with Crippen molar-refractivity contribution >= 4 is 21.6 Å². The van der Waals surface area contributed by atoms with Gasteiger partial charge in [-0.25, -0.2) is 17.9 Å². The number of pyridine rings is 1. The molecule has 0 bridgehead atoms. The molecule has 0 saturated carbocycles. The fraction of sp³-hybridized carbons (Fsp3) is 0.0769. The Balaban J connectivity index is 2.31. The zero-order valence-electron chi connectivity index (χ0n) is 11.0. The van der Waals surface area contributed by atoms with Gasteiger partial charge in [0.25, 0.3) is 5.91 Å². The van der Waals surface area contributed by atoms with E-state index in [4.69, 9.17) is 5.14 Å². The number of halogens is 1. The Morgan fingerprint density at radius 2 is 2.00 bits per heavy atom. The average Bonchev–Trinajstić information content (AvgIpc) is 2.40. The number of nitrogens with zero attached hydrogens (tertiary/aromatic N) is 1. The molecule has 0 fully saturated rings. The monoisotopic (exact) mass is 309 g/mol. The largest absolute Gasteiger partial charge is 0.319 e. The standard InChI is InChI=1S/C13H12FN3O3S/c1-8-2-3-9(7-16-8)13(18)17-12-6-10(21(15,19)20)4-5-11(12)14/h2-7H,1H3,(H,17,18)(H2,15,19,20). The number of hydrogen-bond acceptors (Lipinski definition) is 4. The zero-order chi connectivity index (χ0) is 15.6. The van der Waals surface area contributed by atoms with Gasteiger partial charge in [-0.2, -0.15) is 0 Å². The highest BCUT2D eigenvalue weighted by Gasteiger charge is 2.14. The molecule has 0 aliphatic carbocycles. The molecule has 0 spiro atoms. The van der Waals surface area contributed by atoms with Gasteiger partial charge in [-0.3, -0.25) is 9.78 Å². The number of hydrogen-bond donors (Lipinski definition) is 2. The van der Waals surface area contributed by atoms with Crippen LogP contribution in [0.4, 0.5) is 10.1 Å². The molecule has 1 heterocycles. The van der Waals surface area contributed by atoms with Gasteiger partial charge in [-0.1, -0.05) is 0 Å². The van der Waals surface area contributed by atoms with E-state index >= 15 is 0 Å². The van der Waals surface area contributed by atoms with Crippen LogP contribution < -0.4 is 10.5 Å². The highest BCUT2D eigenvalue weighted by molar-refractivity contribution is 7.89. The van der Waals surface area contributed by atoms with Gasteiger partial charge >= 0.3 is 0 Å². The number of primary sulfonamides is 1. The number of carbonyl (C=O) groups excluding carboxylic acids is 1. The summed E-state index contributed by atoms with van der Waals surface area (Å²) >= 11 is 0. The summed E-state index contributed by atoms with van der Waals surface area (Å²) in [4.78, 5) is 15.6. The quantitative estimate of drug-likeness (QED) is 0.895. The summed E-state index contributed by atoms with van der Waals surface area (Å²) in [6.45, 7) is 1.76. The number of carbonyl (C=O) groups is 1. The first-order valence-corrected chi connectivity index (χ1v) is 7.38. The maximum absolute atomic E-state index is 13.6. The summed E-state index contributed by atoms with van der Waals surface area (Å²) in [6, 6.07) is 6.06. The third-order valence-corrected chi connectivity index (χ3v) is 3.60. The van der Waals surface area contributed by atoms with E-state index in [0.717, 1.165) is 23.9 Å². The van der Waals surface area contributed by atoms with Crippen LogP contribution >= 0.6 is 0 Å². The van der Waals surface area contributed by atoms with Crippen LogP contribution in [0.15, 0.2) is 41.4 Å². The Hall–Kier alpha value is -2.32. The highest BCUT2D eigenvalue weighted by atomic mass is 32.2. The third-order valence-electron chi connectivity index (χ3n) is 2.69. The highest BCUT2D eigenvalue weighted by Crippen LogP contribution is 2.19. The van der Waals surface area contributed by atoms with E-state index < -0.39 is 21.7 Å². The molecule has 6 nitrogen and oxygen atoms in total. The van der Waals surface area contributed by atoms with Gasteiger partial charge in [0, 0.05) is 11.9 Å². The first-order chi connectivity index (χ1) is 9.77. The SMILES string of the molecule is Cc1ccc(C(=O)Nc2cc(S(N)(=O)=O)ccc2F)cn1. The number of benzene rings is 1. The van der Waals surface area contributed by atoms with Crippen molar-refractivity contribution < 1.29 is 17.6 Å². The molecule has 0 atom stereocenters. The van der Waals surface area contributed by atoms with E-state index in [-0.39, 0.29) is 16.1 Å². The lowest BCUT2D eigenvalue weighted by molar-refractivity contribution is 0.102. The maximum atomic E-state index is 13.6. The van der Waals surface area contributed by atoms with Crippen LogP contribution in [0.2, 0.25) is 0 Å². The first-order valence-electron chi connectivity index (χ1n) is 5.84. The molecule has 1 aromatic heterocycles. The first kappa shape index (κ1) is 15.1. The third kappa shape index (κ3) is 3.61. The predicted molar refractivity (Wildman–Crippen MR) is 74.7 cm³/mol. The van der Waals surface area contributed by atoms with Crippen molar-refractivity contribution in [1.29, 1.82) is 0 Å². The molecular formula is C13H12FN3O3S. The normalized spacial score (nSPS) is 11.2. The van der Waals surface area contributed by atoms with Crippen LogP contribution in [0.3, 0.4) is 0 Å². The minimum absolute atomic E-state index is 0.223. The molecule has 0 aliphatic rings. The van der Waals surface area contributed by atoms with Crippen LogP contribution in [0.25, 0.3) is 0 Å². The predicted octanol–water partition coefficient (Wildman–Crippen LogP) is 1.43. The second-order valence-corrected chi connectivity index (χ2v) is 5.89. The Morgan fingerprint density at radius 1 is 1.29 bits per heavy atom. The lowest BCUT2D eigenvalue weighted by Gasteiger charge is -2.08. The molecule has 0 saturated heterocycles. The fourth-order valence-corrected chi connectivity index (χ4v) is 2.11. The second kappa shape index (κ2) is 5.58. The van der Waals surface area contributed by atoms with E-state index in [0.29, 0.717) is 0 Å². The van der Waals surface area contributed by atoms with Crippen LogP contribution in [-0.2, 0) is 10.0 Å². The Bertz CT molecular complexity index is 789. The summed E-state index contributed by atoms with van der Waals surface area (Å²) in [5.41, 5.74) is 0.682. The molecule has 0 radical (unpaired) electrons. The van der Waals surface area contributed by atoms with Crippen LogP contribution in [0, 0.1) is 12.7 Å². The molecule has 2 aromatic rings. The smallest absolute Gasteiger partial charge is 0.257 e. The van der Waals surface area contributed by atoms with Gasteiger partial charge in [-0.15, -0.1) is 0 Å². The maximum Gasteiger partial charge on any atom is 0.257 e. The lowest BCUT2D eigenvalue weighted by Crippen LogP contribution is -2.16. The molecule has 0 unspecified atom stereocenters. The Kier molecular flexibility index (Phi) is 4.01. The van der Waals surface area contributed by atoms with Crippen molar-refractivity contribution in [1.82, 2.24) is 4.98 Å². The second-order valence-electron chi connectivity index (χ2n) is 4.33. The van der Waals surface area contributed by atoms with Crippen molar-refractivity contribution in [2.75, 3.05) is 5.32 Å². The molecule has 3 N–H and O–H groups in total. The van der Waals surface area contributed by atoms with Gasteiger partial charge in [0.2, 0.25) is 10.0 Å². The van der Waals surface area contributed by atoms with Crippen LogP contribution in [-0.4, -0.2) is 19.3 Å². The van der Waals surface area contributed by atoms with Crippen molar-refractivity contribution in [2.24, 2.45) is 5.14 Å². The van der Waals surface area contributed by atoms with Gasteiger partial charge in [0.1, 0.15) is 5.82 Å². The summed E-state index contributed by atoms with van der Waals surface area (Å²) < 4.78 is 36.1. The molecule has 0 aliphatic heterocycles. The zero-order valence-corrected chi connectivity index (χ0v) is 11.8. The molecule has 8 heteroatoms. The van der Waals surface area contributed by atoms with Crippen molar-refractivity contribution in [2.45, 2.75) is 11.8 Å². The van der Waals surface area contributed by atoms with Crippen molar-refractivity contribution in [3.05, 3.63) is 53.6 Å². The minimum Gasteiger partial charge on any atom is -0.319 e. The summed E-state index contributed by atoms with van der Waals surface area (Å²) in [6.07, 6.45) is 1.34. The van der Waals surface area contributed by atoms with Crippen molar-refractivity contribution in [3.63, 3.8) is 0 Å². The number of nitrogens with two attached hydrogens (primary N) is 1. The van der Waals surface area contributed by atoms with Crippen LogP contribution in [0.5, 0.6) is 0 Å². The topological polar surface area (TPSA) is 102 Å².